The number of rotatable bonds is 2. The highest BCUT2D eigenvalue weighted by molar-refractivity contribution is 9.10. The number of nitrogens with zero attached hydrogens (tertiary/aromatic N) is 3. The number of hydrogen-bond acceptors (Lipinski definition) is 6. The van der Waals surface area contributed by atoms with Crippen molar-refractivity contribution in [1.29, 1.82) is 0 Å². The van der Waals surface area contributed by atoms with E-state index in [0.717, 1.165) is 0 Å². The SMILES string of the molecule is CC(C)(C)OC(=O)N1C[C@H]2C[C@@H]1CN2S(=O)(=O)c1cc(Br)cnc1N. The molecule has 0 radical (unpaired) electrons. The molecule has 8 nitrogen and oxygen atoms in total. The second-order valence-corrected chi connectivity index (χ2v) is 10.1. The molecule has 2 atom stereocenters. The number of amides is 1. The minimum Gasteiger partial charge on any atom is -0.444 e. The van der Waals surface area contributed by atoms with Crippen molar-refractivity contribution in [3.8, 4) is 0 Å². The van der Waals surface area contributed by atoms with E-state index in [0.29, 0.717) is 17.4 Å². The highest BCUT2D eigenvalue weighted by atomic mass is 79.9. The number of nitrogen functional groups attached to an aromatic ring is 1. The van der Waals surface area contributed by atoms with Gasteiger partial charge in [-0.2, -0.15) is 4.31 Å². The van der Waals surface area contributed by atoms with Crippen LogP contribution in [0.3, 0.4) is 0 Å². The molecule has 2 aliphatic heterocycles. The van der Waals surface area contributed by atoms with Gasteiger partial charge in [0, 0.05) is 29.8 Å². The lowest BCUT2D eigenvalue weighted by molar-refractivity contribution is 0.0173. The minimum absolute atomic E-state index is 0.0155. The Morgan fingerprint density at radius 1 is 1.36 bits per heavy atom. The van der Waals surface area contributed by atoms with Gasteiger partial charge in [-0.1, -0.05) is 0 Å². The Bertz CT molecular complexity index is 808. The van der Waals surface area contributed by atoms with Crippen LogP contribution in [0.2, 0.25) is 0 Å². The molecule has 25 heavy (non-hydrogen) atoms. The van der Waals surface area contributed by atoms with E-state index < -0.39 is 21.7 Å². The average Bonchev–Trinajstić information content (AvgIpc) is 3.08. The van der Waals surface area contributed by atoms with E-state index in [4.69, 9.17) is 10.5 Å². The van der Waals surface area contributed by atoms with Crippen molar-refractivity contribution in [2.24, 2.45) is 0 Å². The first kappa shape index (κ1) is 18.4. The number of aromatic nitrogens is 1. The number of carbonyl (C=O) groups is 1. The molecule has 0 saturated carbocycles. The van der Waals surface area contributed by atoms with Gasteiger partial charge in [-0.05, 0) is 49.2 Å². The number of carbonyl (C=O) groups excluding carboxylic acids is 1. The number of halogens is 1. The van der Waals surface area contributed by atoms with Crippen molar-refractivity contribution in [3.63, 3.8) is 0 Å². The third-order valence-corrected chi connectivity index (χ3v) is 6.63. The van der Waals surface area contributed by atoms with Crippen molar-refractivity contribution in [2.75, 3.05) is 18.8 Å². The number of piperazine rings is 1. The molecule has 138 valence electrons. The third kappa shape index (κ3) is 3.47. The van der Waals surface area contributed by atoms with Crippen LogP contribution in [0.5, 0.6) is 0 Å². The molecular weight excluding hydrogens is 412 g/mol. The zero-order valence-corrected chi connectivity index (χ0v) is 16.7. The number of nitrogens with two attached hydrogens (primary N) is 1. The first-order valence-electron chi connectivity index (χ1n) is 7.91. The largest absolute Gasteiger partial charge is 0.444 e. The zero-order valence-electron chi connectivity index (χ0n) is 14.3. The summed E-state index contributed by atoms with van der Waals surface area (Å²) in [6.07, 6.45) is 1.65. The zero-order chi connectivity index (χ0) is 18.6. The number of likely N-dealkylation sites (tertiary alicyclic amines) is 1. The van der Waals surface area contributed by atoms with Crippen LogP contribution in [0, 0.1) is 0 Å². The summed E-state index contributed by atoms with van der Waals surface area (Å²) in [6.45, 7) is 5.97. The molecule has 2 fully saturated rings. The monoisotopic (exact) mass is 432 g/mol. The minimum atomic E-state index is -3.77. The lowest BCUT2D eigenvalue weighted by Gasteiger charge is -2.34. The Kier molecular flexibility index (Phi) is 4.49. The molecule has 2 aliphatic rings. The molecule has 0 spiro atoms. The summed E-state index contributed by atoms with van der Waals surface area (Å²) in [5, 5.41) is 0. The Morgan fingerprint density at radius 3 is 2.60 bits per heavy atom. The van der Waals surface area contributed by atoms with Crippen molar-refractivity contribution < 1.29 is 17.9 Å². The molecule has 2 bridgehead atoms. The van der Waals surface area contributed by atoms with E-state index in [9.17, 15) is 13.2 Å². The number of anilines is 1. The fourth-order valence-corrected chi connectivity index (χ4v) is 5.48. The van der Waals surface area contributed by atoms with Crippen LogP contribution in [-0.2, 0) is 14.8 Å². The summed E-state index contributed by atoms with van der Waals surface area (Å²) >= 11 is 3.22. The van der Waals surface area contributed by atoms with E-state index in [1.165, 1.54) is 16.6 Å². The van der Waals surface area contributed by atoms with Gasteiger partial charge in [-0.15, -0.1) is 0 Å². The molecule has 2 N–H and O–H groups in total. The van der Waals surface area contributed by atoms with Gasteiger partial charge in [0.25, 0.3) is 0 Å². The average molecular weight is 433 g/mol. The summed E-state index contributed by atoms with van der Waals surface area (Å²) < 4.78 is 33.3. The number of fused-ring (bicyclic) bond motifs is 2. The van der Waals surface area contributed by atoms with Gasteiger partial charge in [0.2, 0.25) is 10.0 Å². The first-order valence-corrected chi connectivity index (χ1v) is 10.1. The maximum atomic E-state index is 13.0. The second kappa shape index (κ2) is 6.10. The third-order valence-electron chi connectivity index (χ3n) is 4.25. The normalized spacial score (nSPS) is 23.9. The van der Waals surface area contributed by atoms with Crippen molar-refractivity contribution in [1.82, 2.24) is 14.2 Å². The van der Waals surface area contributed by atoms with Gasteiger partial charge >= 0.3 is 6.09 Å². The van der Waals surface area contributed by atoms with E-state index in [-0.39, 0.29) is 29.3 Å². The number of ether oxygens (including phenoxy) is 1. The number of sulfonamides is 1. The van der Waals surface area contributed by atoms with Crippen LogP contribution in [0.25, 0.3) is 0 Å². The highest BCUT2D eigenvalue weighted by Gasteiger charge is 2.51. The molecule has 10 heteroatoms. The fourth-order valence-electron chi connectivity index (χ4n) is 3.23. The maximum Gasteiger partial charge on any atom is 0.410 e. The number of pyridine rings is 1. The van der Waals surface area contributed by atoms with E-state index in [2.05, 4.69) is 20.9 Å². The van der Waals surface area contributed by atoms with Gasteiger partial charge in [-0.25, -0.2) is 18.2 Å². The predicted molar refractivity (Wildman–Crippen MR) is 95.4 cm³/mol. The van der Waals surface area contributed by atoms with Crippen molar-refractivity contribution in [3.05, 3.63) is 16.7 Å². The lowest BCUT2D eigenvalue weighted by Crippen LogP contribution is -2.51. The molecule has 1 amide bonds. The molecule has 3 rings (SSSR count). The molecule has 2 saturated heterocycles. The summed E-state index contributed by atoms with van der Waals surface area (Å²) in [5.41, 5.74) is 5.18. The van der Waals surface area contributed by atoms with E-state index >= 15 is 0 Å². The Labute approximate surface area is 155 Å². The predicted octanol–water partition coefficient (Wildman–Crippen LogP) is 1.81. The van der Waals surface area contributed by atoms with Gasteiger partial charge in [-0.3, -0.25) is 0 Å². The van der Waals surface area contributed by atoms with E-state index in [1.54, 1.807) is 25.7 Å². The Balaban J connectivity index is 1.78. The lowest BCUT2D eigenvalue weighted by atomic mass is 10.2. The molecule has 1 aromatic heterocycles. The summed E-state index contributed by atoms with van der Waals surface area (Å²) in [4.78, 5) is 17.8. The summed E-state index contributed by atoms with van der Waals surface area (Å²) in [5.74, 6) is -0.0324. The van der Waals surface area contributed by atoms with Gasteiger partial charge in [0.15, 0.2) is 0 Å². The van der Waals surface area contributed by atoms with Gasteiger partial charge in [0.1, 0.15) is 16.3 Å². The van der Waals surface area contributed by atoms with Crippen LogP contribution in [-0.4, -0.2) is 59.5 Å². The van der Waals surface area contributed by atoms with Gasteiger partial charge < -0.3 is 15.4 Å². The molecule has 0 aliphatic carbocycles. The summed E-state index contributed by atoms with van der Waals surface area (Å²) in [6, 6.07) is 0.992. The molecule has 1 aromatic rings. The Morgan fingerprint density at radius 2 is 2.04 bits per heavy atom. The smallest absolute Gasteiger partial charge is 0.410 e. The number of hydrogen-bond donors (Lipinski definition) is 1. The van der Waals surface area contributed by atoms with Crippen LogP contribution < -0.4 is 5.73 Å². The second-order valence-electron chi connectivity index (χ2n) is 7.29. The quantitative estimate of drug-likeness (QED) is 0.763. The molecule has 0 aromatic carbocycles. The topological polar surface area (TPSA) is 106 Å². The van der Waals surface area contributed by atoms with E-state index in [1.807, 2.05) is 0 Å². The molecule has 3 heterocycles. The fraction of sp³-hybridized carbons (Fsp3) is 0.600. The molecular formula is C15H21BrN4O4S. The van der Waals surface area contributed by atoms with Crippen LogP contribution in [0.4, 0.5) is 10.6 Å². The Hall–Kier alpha value is -1.39. The standard InChI is InChI=1S/C15H21BrN4O4S/c1-15(2,3)24-14(21)19-7-11-5-10(19)8-20(11)25(22,23)12-4-9(16)6-18-13(12)17/h4,6,10-11H,5,7-8H2,1-3H3,(H2,17,18)/t10-,11-/m1/s1. The van der Waals surface area contributed by atoms with Crippen LogP contribution >= 0.6 is 15.9 Å². The maximum absolute atomic E-state index is 13.0. The van der Waals surface area contributed by atoms with Crippen molar-refractivity contribution in [2.45, 2.75) is 49.8 Å². The van der Waals surface area contributed by atoms with Crippen LogP contribution in [0.15, 0.2) is 21.6 Å². The van der Waals surface area contributed by atoms with Gasteiger partial charge in [0.05, 0.1) is 6.04 Å². The van der Waals surface area contributed by atoms with Crippen LogP contribution in [0.1, 0.15) is 27.2 Å². The highest BCUT2D eigenvalue weighted by Crippen LogP contribution is 2.37. The summed E-state index contributed by atoms with van der Waals surface area (Å²) in [7, 11) is -3.77. The molecule has 0 unspecified atom stereocenters. The van der Waals surface area contributed by atoms with Crippen molar-refractivity contribution >= 4 is 37.9 Å². The first-order chi connectivity index (χ1) is 11.5.